The molecule has 1 aromatic heterocycles. The number of thiocarbonyl (C=S) groups is 1. The molecular weight excluding hydrogens is 472 g/mol. The molecule has 0 fully saturated rings. The minimum Gasteiger partial charge on any atom is -0.457 e. The minimum absolute atomic E-state index is 0.0767. The second-order valence-electron chi connectivity index (χ2n) is 6.17. The second-order valence-corrected chi connectivity index (χ2v) is 7.45. The molecule has 0 atom stereocenters. The first-order valence-electron chi connectivity index (χ1n) is 8.64. The lowest BCUT2D eigenvalue weighted by Crippen LogP contribution is -2.33. The molecule has 160 valence electrons. The molecule has 0 bridgehead atoms. The van der Waals surface area contributed by atoms with E-state index in [2.05, 4.69) is 10.6 Å². The summed E-state index contributed by atoms with van der Waals surface area (Å²) in [4.78, 5) is 12.0. The molecule has 0 aliphatic carbocycles. The summed E-state index contributed by atoms with van der Waals surface area (Å²) in [6.07, 6.45) is -2.10. The maximum absolute atomic E-state index is 13.1. The summed E-state index contributed by atoms with van der Waals surface area (Å²) < 4.78 is 45.0. The normalized spacial score (nSPS) is 11.5. The smallest absolute Gasteiger partial charge is 0.418 e. The van der Waals surface area contributed by atoms with Crippen LogP contribution >= 0.6 is 35.4 Å². The number of furan rings is 1. The lowest BCUT2D eigenvalue weighted by Gasteiger charge is -2.15. The molecule has 0 saturated heterocycles. The zero-order valence-corrected chi connectivity index (χ0v) is 17.8. The standard InChI is InChI=1S/C21H13Cl2F3N2O2S/c22-13-3-1-12(2-4-13)18-9-6-15(30-18)7-10-19(29)28-20(31)27-17-8-5-14(23)11-16(17)21(24,25)26/h1-11H,(H2,27,28,29,31)/b10-7+. The molecule has 31 heavy (non-hydrogen) atoms. The highest BCUT2D eigenvalue weighted by atomic mass is 35.5. The van der Waals surface area contributed by atoms with Gasteiger partial charge in [-0.2, -0.15) is 13.2 Å². The van der Waals surface area contributed by atoms with E-state index >= 15 is 0 Å². The third-order valence-corrected chi connectivity index (χ3v) is 4.62. The van der Waals surface area contributed by atoms with Crippen LogP contribution in [0.5, 0.6) is 0 Å². The highest BCUT2D eigenvalue weighted by Gasteiger charge is 2.34. The lowest BCUT2D eigenvalue weighted by atomic mass is 10.1. The van der Waals surface area contributed by atoms with Crippen molar-refractivity contribution < 1.29 is 22.4 Å². The Labute approximate surface area is 190 Å². The van der Waals surface area contributed by atoms with Gasteiger partial charge in [-0.25, -0.2) is 0 Å². The first-order valence-corrected chi connectivity index (χ1v) is 9.81. The van der Waals surface area contributed by atoms with Crippen LogP contribution in [0, 0.1) is 0 Å². The Bertz CT molecular complexity index is 1140. The Morgan fingerprint density at radius 1 is 1.00 bits per heavy atom. The number of halogens is 5. The van der Waals surface area contributed by atoms with Crippen molar-refractivity contribution >= 4 is 58.2 Å². The third kappa shape index (κ3) is 6.33. The summed E-state index contributed by atoms with van der Waals surface area (Å²) >= 11 is 16.4. The van der Waals surface area contributed by atoms with Gasteiger partial charge in [-0.15, -0.1) is 0 Å². The molecule has 0 saturated carbocycles. The van der Waals surface area contributed by atoms with E-state index in [1.54, 1.807) is 36.4 Å². The number of amides is 1. The van der Waals surface area contributed by atoms with Crippen LogP contribution in [0.3, 0.4) is 0 Å². The van der Waals surface area contributed by atoms with Crippen molar-refractivity contribution in [2.24, 2.45) is 0 Å². The zero-order valence-electron chi connectivity index (χ0n) is 15.5. The Morgan fingerprint density at radius 3 is 2.35 bits per heavy atom. The first kappa shape index (κ1) is 22.9. The van der Waals surface area contributed by atoms with Crippen LogP contribution < -0.4 is 10.6 Å². The summed E-state index contributed by atoms with van der Waals surface area (Å²) in [6.45, 7) is 0. The Morgan fingerprint density at radius 2 is 1.68 bits per heavy atom. The minimum atomic E-state index is -4.65. The maximum atomic E-state index is 13.1. The fraction of sp³-hybridized carbons (Fsp3) is 0.0476. The summed E-state index contributed by atoms with van der Waals surface area (Å²) in [7, 11) is 0. The topological polar surface area (TPSA) is 54.3 Å². The van der Waals surface area contributed by atoms with Gasteiger partial charge in [-0.1, -0.05) is 23.2 Å². The highest BCUT2D eigenvalue weighted by Crippen LogP contribution is 2.36. The van der Waals surface area contributed by atoms with Crippen molar-refractivity contribution in [1.82, 2.24) is 5.32 Å². The maximum Gasteiger partial charge on any atom is 0.418 e. The molecule has 4 nitrogen and oxygen atoms in total. The van der Waals surface area contributed by atoms with Gasteiger partial charge in [0.05, 0.1) is 11.3 Å². The number of carbonyl (C=O) groups is 1. The van der Waals surface area contributed by atoms with Crippen molar-refractivity contribution in [2.75, 3.05) is 5.32 Å². The molecule has 0 unspecified atom stereocenters. The average Bonchev–Trinajstić information content (AvgIpc) is 3.16. The molecule has 2 aromatic carbocycles. The molecule has 1 amide bonds. The Balaban J connectivity index is 1.62. The Hall–Kier alpha value is -2.81. The van der Waals surface area contributed by atoms with Gasteiger partial charge in [0, 0.05) is 21.7 Å². The zero-order chi connectivity index (χ0) is 22.6. The van der Waals surface area contributed by atoms with Gasteiger partial charge >= 0.3 is 6.18 Å². The number of anilines is 1. The van der Waals surface area contributed by atoms with Gasteiger partial charge in [-0.05, 0) is 72.9 Å². The summed E-state index contributed by atoms with van der Waals surface area (Å²) in [5.74, 6) is 0.330. The van der Waals surface area contributed by atoms with E-state index in [4.69, 9.17) is 39.8 Å². The van der Waals surface area contributed by atoms with Crippen molar-refractivity contribution in [3.63, 3.8) is 0 Å². The predicted molar refractivity (Wildman–Crippen MR) is 119 cm³/mol. The van der Waals surface area contributed by atoms with Gasteiger partial charge in [0.15, 0.2) is 5.11 Å². The lowest BCUT2D eigenvalue weighted by molar-refractivity contribution is -0.136. The number of benzene rings is 2. The molecule has 3 rings (SSSR count). The number of carbonyl (C=O) groups excluding carboxylic acids is 1. The van der Waals surface area contributed by atoms with E-state index in [1.807, 2.05) is 0 Å². The van der Waals surface area contributed by atoms with E-state index < -0.39 is 17.6 Å². The number of alkyl halides is 3. The van der Waals surface area contributed by atoms with E-state index in [0.29, 0.717) is 16.5 Å². The number of hydrogen-bond donors (Lipinski definition) is 2. The van der Waals surface area contributed by atoms with Crippen LogP contribution in [0.1, 0.15) is 11.3 Å². The summed E-state index contributed by atoms with van der Waals surface area (Å²) in [5.41, 5.74) is -0.524. The van der Waals surface area contributed by atoms with E-state index in [1.165, 1.54) is 12.1 Å². The van der Waals surface area contributed by atoms with Gasteiger partial charge in [0.1, 0.15) is 11.5 Å². The van der Waals surface area contributed by atoms with Gasteiger partial charge in [0.25, 0.3) is 0 Å². The van der Waals surface area contributed by atoms with Crippen LogP contribution in [0.15, 0.2) is 65.1 Å². The Kier molecular flexibility index (Phi) is 7.04. The summed E-state index contributed by atoms with van der Waals surface area (Å²) in [5, 5.41) is 4.85. The molecule has 3 aromatic rings. The predicted octanol–water partition coefficient (Wildman–Crippen LogP) is 6.80. The number of rotatable bonds is 4. The van der Waals surface area contributed by atoms with Crippen molar-refractivity contribution in [3.8, 4) is 11.3 Å². The molecule has 0 aliphatic heterocycles. The van der Waals surface area contributed by atoms with Gasteiger partial charge in [-0.3, -0.25) is 10.1 Å². The molecular formula is C21H13Cl2F3N2O2S. The first-order chi connectivity index (χ1) is 14.6. The van der Waals surface area contributed by atoms with Crippen molar-refractivity contribution in [3.05, 3.63) is 82.0 Å². The van der Waals surface area contributed by atoms with Gasteiger partial charge < -0.3 is 9.73 Å². The molecule has 0 radical (unpaired) electrons. The van der Waals surface area contributed by atoms with E-state index in [-0.39, 0.29) is 15.8 Å². The molecule has 1 heterocycles. The average molecular weight is 485 g/mol. The SMILES string of the molecule is O=C(/C=C/c1ccc(-c2ccc(Cl)cc2)o1)NC(=S)Nc1ccc(Cl)cc1C(F)(F)F. The van der Waals surface area contributed by atoms with Gasteiger partial charge in [0.2, 0.25) is 5.91 Å². The largest absolute Gasteiger partial charge is 0.457 e. The van der Waals surface area contributed by atoms with E-state index in [0.717, 1.165) is 23.8 Å². The second kappa shape index (κ2) is 9.55. The molecule has 0 aliphatic rings. The number of hydrogen-bond acceptors (Lipinski definition) is 3. The highest BCUT2D eigenvalue weighted by molar-refractivity contribution is 7.80. The van der Waals surface area contributed by atoms with Crippen LogP contribution in [-0.4, -0.2) is 11.0 Å². The van der Waals surface area contributed by atoms with Crippen LogP contribution in [0.2, 0.25) is 10.0 Å². The van der Waals surface area contributed by atoms with Crippen molar-refractivity contribution in [2.45, 2.75) is 6.18 Å². The third-order valence-electron chi connectivity index (χ3n) is 3.93. The van der Waals surface area contributed by atoms with E-state index in [9.17, 15) is 18.0 Å². The molecule has 10 heteroatoms. The summed E-state index contributed by atoms with van der Waals surface area (Å²) in [6, 6.07) is 13.6. The fourth-order valence-electron chi connectivity index (χ4n) is 2.54. The van der Waals surface area contributed by atoms with Crippen LogP contribution in [0.25, 0.3) is 17.4 Å². The van der Waals surface area contributed by atoms with Crippen molar-refractivity contribution in [1.29, 1.82) is 0 Å². The molecule has 0 spiro atoms. The monoisotopic (exact) mass is 484 g/mol. The number of nitrogens with one attached hydrogen (secondary N) is 2. The van der Waals surface area contributed by atoms with Crippen LogP contribution in [-0.2, 0) is 11.0 Å². The van der Waals surface area contributed by atoms with Crippen LogP contribution in [0.4, 0.5) is 18.9 Å². The molecule has 2 N–H and O–H groups in total. The quantitative estimate of drug-likeness (QED) is 0.315. The fourth-order valence-corrected chi connectivity index (χ4v) is 3.05.